The number of hydrogen-bond donors (Lipinski definition) is 1. The first-order valence-electron chi connectivity index (χ1n) is 10.5. The summed E-state index contributed by atoms with van der Waals surface area (Å²) in [6.45, 7) is 0.599. The van der Waals surface area contributed by atoms with Gasteiger partial charge in [0.25, 0.3) is 11.5 Å². The molecule has 164 valence electrons. The van der Waals surface area contributed by atoms with Crippen LogP contribution in [-0.4, -0.2) is 31.6 Å². The first-order valence-corrected chi connectivity index (χ1v) is 10.5. The SMILES string of the molecule is O=C(NCCc1ccccn1)c1ccc2c(c1)n(Cc1cccc(F)c1)c(=O)c1ccnn12. The summed E-state index contributed by atoms with van der Waals surface area (Å²) in [7, 11) is 0. The first-order chi connectivity index (χ1) is 16.1. The van der Waals surface area contributed by atoms with Gasteiger partial charge < -0.3 is 9.88 Å². The van der Waals surface area contributed by atoms with Gasteiger partial charge in [-0.05, 0) is 54.1 Å². The molecule has 0 radical (unpaired) electrons. The smallest absolute Gasteiger partial charge is 0.277 e. The second-order valence-corrected chi connectivity index (χ2v) is 7.68. The average Bonchev–Trinajstić information content (AvgIpc) is 3.32. The summed E-state index contributed by atoms with van der Waals surface area (Å²) < 4.78 is 16.8. The molecule has 0 unspecified atom stereocenters. The number of benzene rings is 2. The van der Waals surface area contributed by atoms with E-state index >= 15 is 0 Å². The van der Waals surface area contributed by atoms with E-state index in [9.17, 15) is 14.0 Å². The van der Waals surface area contributed by atoms with E-state index in [4.69, 9.17) is 0 Å². The largest absolute Gasteiger partial charge is 0.352 e. The lowest BCUT2D eigenvalue weighted by Gasteiger charge is -2.14. The molecular weight excluding hydrogens is 421 g/mol. The third kappa shape index (κ3) is 4.10. The monoisotopic (exact) mass is 441 g/mol. The second-order valence-electron chi connectivity index (χ2n) is 7.68. The van der Waals surface area contributed by atoms with Crippen LogP contribution in [0.1, 0.15) is 21.6 Å². The van der Waals surface area contributed by atoms with Crippen molar-refractivity contribution in [2.45, 2.75) is 13.0 Å². The number of pyridine rings is 1. The fraction of sp³-hybridized carbons (Fsp3) is 0.120. The normalized spacial score (nSPS) is 11.2. The zero-order valence-corrected chi connectivity index (χ0v) is 17.6. The van der Waals surface area contributed by atoms with Gasteiger partial charge in [-0.1, -0.05) is 18.2 Å². The van der Waals surface area contributed by atoms with E-state index < -0.39 is 0 Å². The zero-order valence-electron chi connectivity index (χ0n) is 17.6. The number of aromatic nitrogens is 4. The van der Waals surface area contributed by atoms with Crippen LogP contribution in [0.2, 0.25) is 0 Å². The highest BCUT2D eigenvalue weighted by Crippen LogP contribution is 2.18. The van der Waals surface area contributed by atoms with Crippen molar-refractivity contribution in [1.82, 2.24) is 24.5 Å². The van der Waals surface area contributed by atoms with Gasteiger partial charge in [-0.15, -0.1) is 0 Å². The summed E-state index contributed by atoms with van der Waals surface area (Å²) in [5, 5.41) is 7.16. The Balaban J connectivity index is 1.51. The van der Waals surface area contributed by atoms with Crippen molar-refractivity contribution in [2.75, 3.05) is 6.54 Å². The molecule has 0 aliphatic carbocycles. The molecule has 0 aliphatic heterocycles. The topological polar surface area (TPSA) is 81.3 Å². The lowest BCUT2D eigenvalue weighted by molar-refractivity contribution is 0.0954. The molecule has 2 aromatic carbocycles. The Morgan fingerprint density at radius 2 is 1.85 bits per heavy atom. The maximum atomic E-state index is 13.7. The maximum Gasteiger partial charge on any atom is 0.277 e. The van der Waals surface area contributed by atoms with Crippen LogP contribution < -0.4 is 10.9 Å². The molecule has 1 amide bonds. The van der Waals surface area contributed by atoms with Gasteiger partial charge >= 0.3 is 0 Å². The van der Waals surface area contributed by atoms with Crippen molar-refractivity contribution < 1.29 is 9.18 Å². The van der Waals surface area contributed by atoms with Crippen molar-refractivity contribution in [3.63, 3.8) is 0 Å². The molecule has 0 saturated heterocycles. The lowest BCUT2D eigenvalue weighted by Crippen LogP contribution is -2.27. The van der Waals surface area contributed by atoms with E-state index in [1.165, 1.54) is 12.1 Å². The number of nitrogens with zero attached hydrogens (tertiary/aromatic N) is 4. The molecule has 0 spiro atoms. The highest BCUT2D eigenvalue weighted by Gasteiger charge is 2.15. The van der Waals surface area contributed by atoms with Crippen LogP contribution in [0.4, 0.5) is 4.39 Å². The van der Waals surface area contributed by atoms with Gasteiger partial charge in [-0.2, -0.15) is 5.10 Å². The minimum absolute atomic E-state index is 0.166. The molecule has 0 bridgehead atoms. The van der Waals surface area contributed by atoms with Crippen LogP contribution in [0.5, 0.6) is 0 Å². The molecule has 3 aromatic heterocycles. The Bertz CT molecular complexity index is 1520. The number of rotatable bonds is 6. The van der Waals surface area contributed by atoms with Crippen LogP contribution in [0.25, 0.3) is 16.6 Å². The van der Waals surface area contributed by atoms with Crippen LogP contribution in [0.15, 0.2) is 83.9 Å². The summed E-state index contributed by atoms with van der Waals surface area (Å²) in [6.07, 6.45) is 3.88. The standard InChI is InChI=1S/C25H20FN5O2/c26-19-5-3-4-17(14-19)16-30-23-15-18(24(32)28-12-9-20-6-1-2-11-27-20)7-8-21(23)31-22(25(30)33)10-13-29-31/h1-8,10-11,13-15H,9,12,16H2,(H,28,32). The Hall–Kier alpha value is -4.33. The number of hydrogen-bond acceptors (Lipinski definition) is 4. The van der Waals surface area contributed by atoms with Crippen molar-refractivity contribution in [3.05, 3.63) is 112 Å². The molecular formula is C25H20FN5O2. The Kier molecular flexibility index (Phi) is 5.40. The van der Waals surface area contributed by atoms with Gasteiger partial charge in [0.2, 0.25) is 0 Å². The van der Waals surface area contributed by atoms with Crippen molar-refractivity contribution in [2.24, 2.45) is 0 Å². The van der Waals surface area contributed by atoms with E-state index in [2.05, 4.69) is 15.4 Å². The van der Waals surface area contributed by atoms with Gasteiger partial charge in [0.1, 0.15) is 11.3 Å². The minimum atomic E-state index is -0.372. The summed E-state index contributed by atoms with van der Waals surface area (Å²) >= 11 is 0. The molecule has 1 N–H and O–H groups in total. The van der Waals surface area contributed by atoms with Gasteiger partial charge in [0, 0.05) is 30.4 Å². The van der Waals surface area contributed by atoms with Crippen LogP contribution in [0, 0.1) is 5.82 Å². The molecule has 0 atom stereocenters. The van der Waals surface area contributed by atoms with Gasteiger partial charge in [0.05, 0.1) is 23.8 Å². The number of amides is 1. The quantitative estimate of drug-likeness (QED) is 0.439. The van der Waals surface area contributed by atoms with Gasteiger partial charge in [-0.25, -0.2) is 8.91 Å². The number of nitrogens with one attached hydrogen (secondary N) is 1. The Labute approximate surface area is 188 Å². The zero-order chi connectivity index (χ0) is 22.8. The number of carbonyl (C=O) groups excluding carboxylic acids is 1. The van der Waals surface area contributed by atoms with Crippen molar-refractivity contribution in [1.29, 1.82) is 0 Å². The van der Waals surface area contributed by atoms with Crippen molar-refractivity contribution >= 4 is 22.5 Å². The molecule has 33 heavy (non-hydrogen) atoms. The molecule has 0 aliphatic rings. The van der Waals surface area contributed by atoms with Gasteiger partial charge in [-0.3, -0.25) is 14.6 Å². The molecule has 7 nitrogen and oxygen atoms in total. The highest BCUT2D eigenvalue weighted by atomic mass is 19.1. The fourth-order valence-corrected chi connectivity index (χ4v) is 3.89. The highest BCUT2D eigenvalue weighted by molar-refractivity contribution is 5.97. The summed E-state index contributed by atoms with van der Waals surface area (Å²) in [6, 6.07) is 18.6. The Morgan fingerprint density at radius 3 is 2.67 bits per heavy atom. The molecule has 0 saturated carbocycles. The van der Waals surface area contributed by atoms with Crippen LogP contribution in [-0.2, 0) is 13.0 Å². The summed E-state index contributed by atoms with van der Waals surface area (Å²) in [4.78, 5) is 30.3. The molecule has 3 heterocycles. The first kappa shape index (κ1) is 20.6. The Morgan fingerprint density at radius 1 is 0.939 bits per heavy atom. The molecule has 8 heteroatoms. The number of halogens is 1. The molecule has 5 rings (SSSR count). The minimum Gasteiger partial charge on any atom is -0.352 e. The van der Waals surface area contributed by atoms with Crippen LogP contribution >= 0.6 is 0 Å². The predicted octanol–water partition coefficient (Wildman–Crippen LogP) is 3.20. The van der Waals surface area contributed by atoms with Crippen molar-refractivity contribution in [3.8, 4) is 0 Å². The lowest BCUT2D eigenvalue weighted by atomic mass is 10.1. The molecule has 5 aromatic rings. The third-order valence-corrected chi connectivity index (χ3v) is 5.49. The van der Waals surface area contributed by atoms with E-state index in [1.807, 2.05) is 18.2 Å². The van der Waals surface area contributed by atoms with Crippen LogP contribution in [0.3, 0.4) is 0 Å². The fourth-order valence-electron chi connectivity index (χ4n) is 3.89. The average molecular weight is 441 g/mol. The maximum absolute atomic E-state index is 13.7. The van der Waals surface area contributed by atoms with Gasteiger partial charge in [0.15, 0.2) is 0 Å². The predicted molar refractivity (Wildman–Crippen MR) is 123 cm³/mol. The summed E-state index contributed by atoms with van der Waals surface area (Å²) in [5.74, 6) is -0.624. The second kappa shape index (κ2) is 8.66. The molecule has 0 fully saturated rings. The number of carbonyl (C=O) groups is 1. The van der Waals surface area contributed by atoms with E-state index in [0.29, 0.717) is 40.6 Å². The third-order valence-electron chi connectivity index (χ3n) is 5.49. The van der Waals surface area contributed by atoms with E-state index in [0.717, 1.165) is 5.69 Å². The van der Waals surface area contributed by atoms with E-state index in [1.54, 1.807) is 57.9 Å². The van der Waals surface area contributed by atoms with E-state index in [-0.39, 0.29) is 23.8 Å². The number of fused-ring (bicyclic) bond motifs is 3. The summed E-state index contributed by atoms with van der Waals surface area (Å²) in [5.41, 5.74) is 3.31.